The van der Waals surface area contributed by atoms with Crippen LogP contribution in [0, 0.1) is 6.92 Å². The van der Waals surface area contributed by atoms with E-state index in [1.807, 2.05) is 38.1 Å². The first-order valence-electron chi connectivity index (χ1n) is 8.81. The minimum Gasteiger partial charge on any atom is -0.481 e. The van der Waals surface area contributed by atoms with Crippen LogP contribution in [0.5, 0.6) is 5.75 Å². The number of amides is 1. The lowest BCUT2D eigenvalue weighted by molar-refractivity contribution is -0.127. The SMILES string of the molecule is Cc1ccc([C@@H](C)NC(=O)[C@H](C)Oc2ccc(C(C)(C)C)cc2)cc1. The van der Waals surface area contributed by atoms with Crippen molar-refractivity contribution in [2.24, 2.45) is 0 Å². The Morgan fingerprint density at radius 2 is 1.52 bits per heavy atom. The Hall–Kier alpha value is -2.29. The molecule has 0 aliphatic rings. The highest BCUT2D eigenvalue weighted by atomic mass is 16.5. The highest BCUT2D eigenvalue weighted by Gasteiger charge is 2.18. The molecule has 0 aliphatic heterocycles. The fourth-order valence-corrected chi connectivity index (χ4v) is 2.56. The number of hydrogen-bond donors (Lipinski definition) is 1. The molecule has 3 nitrogen and oxygen atoms in total. The molecule has 0 fully saturated rings. The van der Waals surface area contributed by atoms with Crippen LogP contribution in [-0.2, 0) is 10.2 Å². The van der Waals surface area contributed by atoms with Gasteiger partial charge >= 0.3 is 0 Å². The van der Waals surface area contributed by atoms with Crippen molar-refractivity contribution < 1.29 is 9.53 Å². The van der Waals surface area contributed by atoms with Crippen LogP contribution in [0.4, 0.5) is 0 Å². The Balaban J connectivity index is 1.94. The number of hydrogen-bond acceptors (Lipinski definition) is 2. The Bertz CT molecular complexity index is 696. The molecule has 0 saturated carbocycles. The molecule has 0 radical (unpaired) electrons. The van der Waals surface area contributed by atoms with Crippen molar-refractivity contribution in [3.63, 3.8) is 0 Å². The van der Waals surface area contributed by atoms with E-state index in [0.29, 0.717) is 5.75 Å². The number of ether oxygens (including phenoxy) is 1. The first-order chi connectivity index (χ1) is 11.7. The topological polar surface area (TPSA) is 38.3 Å². The van der Waals surface area contributed by atoms with Gasteiger partial charge in [0.05, 0.1) is 6.04 Å². The summed E-state index contributed by atoms with van der Waals surface area (Å²) in [4.78, 5) is 12.4. The molecule has 2 atom stereocenters. The van der Waals surface area contributed by atoms with E-state index in [1.165, 1.54) is 11.1 Å². The fourth-order valence-electron chi connectivity index (χ4n) is 2.56. The molecule has 0 saturated heterocycles. The molecule has 0 unspecified atom stereocenters. The number of benzene rings is 2. The van der Waals surface area contributed by atoms with Gasteiger partial charge in [0.1, 0.15) is 5.75 Å². The van der Waals surface area contributed by atoms with Crippen LogP contribution in [0.25, 0.3) is 0 Å². The zero-order valence-corrected chi connectivity index (χ0v) is 16.1. The molecule has 0 spiro atoms. The van der Waals surface area contributed by atoms with E-state index >= 15 is 0 Å². The summed E-state index contributed by atoms with van der Waals surface area (Å²) < 4.78 is 5.79. The average molecular weight is 339 g/mol. The van der Waals surface area contributed by atoms with Crippen molar-refractivity contribution in [2.45, 2.75) is 59.1 Å². The summed E-state index contributed by atoms with van der Waals surface area (Å²) in [6.07, 6.45) is -0.548. The molecular formula is C22H29NO2. The highest BCUT2D eigenvalue weighted by Crippen LogP contribution is 2.24. The normalized spacial score (nSPS) is 13.8. The van der Waals surface area contributed by atoms with Crippen molar-refractivity contribution in [3.8, 4) is 5.75 Å². The summed E-state index contributed by atoms with van der Waals surface area (Å²) in [5.74, 6) is 0.589. The molecule has 2 aromatic carbocycles. The van der Waals surface area contributed by atoms with Gasteiger partial charge in [0.2, 0.25) is 0 Å². The molecule has 1 N–H and O–H groups in total. The molecule has 2 aromatic rings. The summed E-state index contributed by atoms with van der Waals surface area (Å²) in [6.45, 7) is 12.3. The number of carbonyl (C=O) groups excluding carboxylic acids is 1. The summed E-state index contributed by atoms with van der Waals surface area (Å²) >= 11 is 0. The van der Waals surface area contributed by atoms with Gasteiger partial charge in [-0.1, -0.05) is 62.7 Å². The lowest BCUT2D eigenvalue weighted by Crippen LogP contribution is -2.37. The zero-order valence-electron chi connectivity index (χ0n) is 16.1. The predicted octanol–water partition coefficient (Wildman–Crippen LogP) is 4.94. The van der Waals surface area contributed by atoms with E-state index in [4.69, 9.17) is 4.74 Å². The van der Waals surface area contributed by atoms with Crippen molar-refractivity contribution in [1.82, 2.24) is 5.32 Å². The predicted molar refractivity (Wildman–Crippen MR) is 103 cm³/mol. The molecule has 0 aromatic heterocycles. The largest absolute Gasteiger partial charge is 0.481 e. The van der Waals surface area contributed by atoms with Crippen LogP contribution < -0.4 is 10.1 Å². The van der Waals surface area contributed by atoms with E-state index in [0.717, 1.165) is 5.56 Å². The van der Waals surface area contributed by atoms with Crippen LogP contribution in [0.2, 0.25) is 0 Å². The smallest absolute Gasteiger partial charge is 0.261 e. The van der Waals surface area contributed by atoms with E-state index in [-0.39, 0.29) is 17.4 Å². The van der Waals surface area contributed by atoms with Crippen molar-refractivity contribution in [1.29, 1.82) is 0 Å². The third kappa shape index (κ3) is 5.35. The fraction of sp³-hybridized carbons (Fsp3) is 0.409. The van der Waals surface area contributed by atoms with E-state index in [9.17, 15) is 4.79 Å². The second-order valence-electron chi connectivity index (χ2n) is 7.68. The van der Waals surface area contributed by atoms with Gasteiger partial charge in [-0.2, -0.15) is 0 Å². The molecule has 25 heavy (non-hydrogen) atoms. The third-order valence-corrected chi connectivity index (χ3v) is 4.34. The monoisotopic (exact) mass is 339 g/mol. The maximum Gasteiger partial charge on any atom is 0.261 e. The number of rotatable bonds is 5. The Morgan fingerprint density at radius 1 is 0.960 bits per heavy atom. The number of carbonyl (C=O) groups is 1. The Morgan fingerprint density at radius 3 is 2.04 bits per heavy atom. The Labute approximate surface area is 151 Å². The first-order valence-corrected chi connectivity index (χ1v) is 8.81. The van der Waals surface area contributed by atoms with Gasteiger partial charge in [-0.05, 0) is 49.4 Å². The minimum atomic E-state index is -0.548. The molecule has 0 bridgehead atoms. The molecule has 3 heteroatoms. The maximum absolute atomic E-state index is 12.4. The van der Waals surface area contributed by atoms with Gasteiger partial charge in [0.15, 0.2) is 6.10 Å². The molecule has 2 rings (SSSR count). The number of aryl methyl sites for hydroxylation is 1. The van der Waals surface area contributed by atoms with Crippen LogP contribution in [0.1, 0.15) is 57.4 Å². The lowest BCUT2D eigenvalue weighted by atomic mass is 9.87. The summed E-state index contributed by atoms with van der Waals surface area (Å²) in [5.41, 5.74) is 3.63. The maximum atomic E-state index is 12.4. The first kappa shape index (κ1) is 19.0. The van der Waals surface area contributed by atoms with Gasteiger partial charge in [-0.15, -0.1) is 0 Å². The van der Waals surface area contributed by atoms with Crippen molar-refractivity contribution in [2.75, 3.05) is 0 Å². The third-order valence-electron chi connectivity index (χ3n) is 4.34. The quantitative estimate of drug-likeness (QED) is 0.838. The number of nitrogens with one attached hydrogen (secondary N) is 1. The summed E-state index contributed by atoms with van der Waals surface area (Å²) in [7, 11) is 0. The van der Waals surface area contributed by atoms with Gasteiger partial charge in [0, 0.05) is 0 Å². The molecule has 0 heterocycles. The Kier molecular flexibility index (Phi) is 5.89. The van der Waals surface area contributed by atoms with Crippen molar-refractivity contribution in [3.05, 3.63) is 65.2 Å². The van der Waals surface area contributed by atoms with Gasteiger partial charge in [-0.25, -0.2) is 0 Å². The second kappa shape index (κ2) is 7.73. The summed E-state index contributed by atoms with van der Waals surface area (Å²) in [5, 5.41) is 3.01. The highest BCUT2D eigenvalue weighted by molar-refractivity contribution is 5.81. The average Bonchev–Trinajstić information content (AvgIpc) is 2.55. The second-order valence-corrected chi connectivity index (χ2v) is 7.68. The van der Waals surface area contributed by atoms with Crippen LogP contribution in [0.15, 0.2) is 48.5 Å². The van der Waals surface area contributed by atoms with E-state index in [1.54, 1.807) is 6.92 Å². The van der Waals surface area contributed by atoms with E-state index in [2.05, 4.69) is 50.4 Å². The summed E-state index contributed by atoms with van der Waals surface area (Å²) in [6, 6.07) is 16.1. The molecular weight excluding hydrogens is 310 g/mol. The van der Waals surface area contributed by atoms with Crippen LogP contribution in [-0.4, -0.2) is 12.0 Å². The van der Waals surface area contributed by atoms with Gasteiger partial charge in [0.25, 0.3) is 5.91 Å². The molecule has 1 amide bonds. The van der Waals surface area contributed by atoms with Crippen molar-refractivity contribution >= 4 is 5.91 Å². The van der Waals surface area contributed by atoms with Gasteiger partial charge < -0.3 is 10.1 Å². The lowest BCUT2D eigenvalue weighted by Gasteiger charge is -2.21. The zero-order chi connectivity index (χ0) is 18.6. The standard InChI is InChI=1S/C22H29NO2/c1-15-7-9-18(10-8-15)16(2)23-21(24)17(3)25-20-13-11-19(12-14-20)22(4,5)6/h7-14,16-17H,1-6H3,(H,23,24)/t16-,17+/m1/s1. The molecule has 134 valence electrons. The molecule has 0 aliphatic carbocycles. The van der Waals surface area contributed by atoms with E-state index < -0.39 is 6.10 Å². The van der Waals surface area contributed by atoms with Gasteiger partial charge in [-0.3, -0.25) is 4.79 Å². The minimum absolute atomic E-state index is 0.0533. The van der Waals surface area contributed by atoms with Crippen LogP contribution >= 0.6 is 0 Å². The van der Waals surface area contributed by atoms with Crippen LogP contribution in [0.3, 0.4) is 0 Å².